The minimum atomic E-state index is -4.79. The molecule has 0 saturated carbocycles. The van der Waals surface area contributed by atoms with E-state index in [1.54, 1.807) is 18.3 Å². The van der Waals surface area contributed by atoms with E-state index in [9.17, 15) is 18.0 Å². The maximum absolute atomic E-state index is 14.2. The Morgan fingerprint density at radius 1 is 1.06 bits per heavy atom. The molecule has 184 valence electrons. The average molecular weight is 533 g/mol. The van der Waals surface area contributed by atoms with Crippen molar-refractivity contribution in [2.45, 2.75) is 18.2 Å². The molecule has 1 aliphatic rings. The number of carbonyl (C=O) groups excluding carboxylic acids is 1. The number of ether oxygens (including phenoxy) is 1. The highest BCUT2D eigenvalue weighted by molar-refractivity contribution is 6.34. The zero-order valence-electron chi connectivity index (χ0n) is 18.6. The van der Waals surface area contributed by atoms with Gasteiger partial charge in [-0.15, -0.1) is 0 Å². The molecule has 10 heteroatoms. The summed E-state index contributed by atoms with van der Waals surface area (Å²) >= 11 is 11.9. The Morgan fingerprint density at radius 2 is 1.75 bits per heavy atom. The van der Waals surface area contributed by atoms with Gasteiger partial charge in [0.25, 0.3) is 11.5 Å². The molecule has 0 aliphatic carbocycles. The van der Waals surface area contributed by atoms with E-state index in [2.05, 4.69) is 5.16 Å². The zero-order chi connectivity index (χ0) is 25.7. The van der Waals surface area contributed by atoms with Crippen LogP contribution in [0.3, 0.4) is 0 Å². The number of hydrogen-bond acceptors (Lipinski definition) is 4. The molecule has 2 heterocycles. The van der Waals surface area contributed by atoms with E-state index < -0.39 is 18.2 Å². The van der Waals surface area contributed by atoms with Gasteiger partial charge in [-0.3, -0.25) is 9.36 Å². The van der Waals surface area contributed by atoms with Gasteiger partial charge < -0.3 is 9.57 Å². The van der Waals surface area contributed by atoms with Crippen molar-refractivity contribution in [1.29, 1.82) is 0 Å². The Morgan fingerprint density at radius 3 is 2.39 bits per heavy atom. The smallest absolute Gasteiger partial charge is 0.435 e. The number of alkyl halides is 3. The van der Waals surface area contributed by atoms with Gasteiger partial charge in [0.2, 0.25) is 0 Å². The van der Waals surface area contributed by atoms with Gasteiger partial charge in [-0.1, -0.05) is 52.6 Å². The summed E-state index contributed by atoms with van der Waals surface area (Å²) in [5.41, 5.74) is -1.54. The summed E-state index contributed by atoms with van der Waals surface area (Å²) in [6, 6.07) is 17.1. The molecule has 0 N–H and O–H groups in total. The van der Waals surface area contributed by atoms with Crippen molar-refractivity contribution in [3.8, 4) is 5.75 Å². The molecule has 0 radical (unpaired) electrons. The monoisotopic (exact) mass is 532 g/mol. The van der Waals surface area contributed by atoms with Gasteiger partial charge in [0.05, 0.1) is 18.3 Å². The third-order valence-corrected chi connectivity index (χ3v) is 6.53. The van der Waals surface area contributed by atoms with Gasteiger partial charge in [0.15, 0.2) is 0 Å². The number of halogens is 5. The van der Waals surface area contributed by atoms with Crippen LogP contribution in [0.15, 0.2) is 78.1 Å². The molecular formula is C26H17Cl2F3N2O3. The van der Waals surface area contributed by atoms with E-state index in [1.165, 1.54) is 42.0 Å². The van der Waals surface area contributed by atoms with Crippen molar-refractivity contribution in [1.82, 2.24) is 4.57 Å². The summed E-state index contributed by atoms with van der Waals surface area (Å²) in [5.74, 6) is 0.230. The highest BCUT2D eigenvalue weighted by Gasteiger charge is 2.62. The molecule has 1 unspecified atom stereocenters. The Balaban J connectivity index is 1.44. The lowest BCUT2D eigenvalue weighted by Gasteiger charge is -2.29. The fourth-order valence-corrected chi connectivity index (χ4v) is 4.81. The highest BCUT2D eigenvalue weighted by atomic mass is 35.5. The van der Waals surface area contributed by atoms with Crippen LogP contribution < -0.4 is 4.74 Å². The Bertz CT molecular complexity index is 1490. The number of nitrogens with zero attached hydrogens (tertiary/aromatic N) is 2. The van der Waals surface area contributed by atoms with Gasteiger partial charge in [0.1, 0.15) is 5.75 Å². The second-order valence-corrected chi connectivity index (χ2v) is 9.13. The third-order valence-electron chi connectivity index (χ3n) is 6.09. The van der Waals surface area contributed by atoms with Crippen LogP contribution in [0, 0.1) is 0 Å². The standard InChI is InChI=1S/C26H17Cl2F3N2O3/c1-35-22-4-2-3-16-9-10-33(23(16)22)24(34)17-7-5-15(6-8-17)21-14-25(36-32-21,26(29,30)31)18-11-19(27)13-20(28)12-18/h2-13H,14H2,1H3. The lowest BCUT2D eigenvalue weighted by Crippen LogP contribution is -2.42. The molecule has 1 aromatic heterocycles. The number of aromatic nitrogens is 1. The number of methoxy groups -OCH3 is 1. The number of oxime groups is 1. The van der Waals surface area contributed by atoms with Gasteiger partial charge >= 0.3 is 6.18 Å². The van der Waals surface area contributed by atoms with Crippen molar-refractivity contribution in [2.24, 2.45) is 5.16 Å². The SMILES string of the molecule is COc1cccc2ccn(C(=O)c3ccc(C4=NOC(c5cc(Cl)cc(Cl)c5)(C(F)(F)F)C4)cc3)c12. The second-order valence-electron chi connectivity index (χ2n) is 8.26. The molecule has 4 aromatic rings. The zero-order valence-corrected chi connectivity index (χ0v) is 20.2. The number of hydrogen-bond donors (Lipinski definition) is 0. The van der Waals surface area contributed by atoms with Crippen molar-refractivity contribution >= 4 is 45.7 Å². The maximum atomic E-state index is 14.2. The van der Waals surface area contributed by atoms with Gasteiger partial charge in [-0.25, -0.2) is 0 Å². The minimum Gasteiger partial charge on any atom is -0.495 e. The summed E-state index contributed by atoms with van der Waals surface area (Å²) in [7, 11) is 1.52. The van der Waals surface area contributed by atoms with Crippen molar-refractivity contribution in [2.75, 3.05) is 7.11 Å². The summed E-state index contributed by atoms with van der Waals surface area (Å²) < 4.78 is 49.5. The minimum absolute atomic E-state index is 0.0511. The molecule has 1 atom stereocenters. The normalized spacial score (nSPS) is 17.7. The van der Waals surface area contributed by atoms with Gasteiger partial charge in [0, 0.05) is 39.2 Å². The lowest BCUT2D eigenvalue weighted by atomic mass is 9.86. The van der Waals surface area contributed by atoms with Gasteiger partial charge in [-0.05, 0) is 48.0 Å². The fraction of sp³-hybridized carbons (Fsp3) is 0.154. The van der Waals surface area contributed by atoms with Crippen LogP contribution in [-0.4, -0.2) is 29.5 Å². The number of benzene rings is 3. The lowest BCUT2D eigenvalue weighted by molar-refractivity contribution is -0.275. The van der Waals surface area contributed by atoms with Crippen LogP contribution in [0.4, 0.5) is 13.2 Å². The summed E-state index contributed by atoms with van der Waals surface area (Å²) in [4.78, 5) is 18.2. The number of rotatable bonds is 4. The van der Waals surface area contributed by atoms with E-state index in [1.807, 2.05) is 12.1 Å². The maximum Gasteiger partial charge on any atom is 0.435 e. The third kappa shape index (κ3) is 4.00. The van der Waals surface area contributed by atoms with Crippen LogP contribution in [0.5, 0.6) is 5.75 Å². The highest BCUT2D eigenvalue weighted by Crippen LogP contribution is 2.49. The second kappa shape index (κ2) is 8.87. The van der Waals surface area contributed by atoms with Crippen LogP contribution in [0.25, 0.3) is 10.9 Å². The van der Waals surface area contributed by atoms with Gasteiger partial charge in [-0.2, -0.15) is 13.2 Å². The fourth-order valence-electron chi connectivity index (χ4n) is 4.28. The molecule has 0 spiro atoms. The molecule has 1 aliphatic heterocycles. The summed E-state index contributed by atoms with van der Waals surface area (Å²) in [5, 5.41) is 4.69. The first-order valence-electron chi connectivity index (χ1n) is 10.7. The van der Waals surface area contributed by atoms with Crippen LogP contribution >= 0.6 is 23.2 Å². The molecule has 5 nitrogen and oxygen atoms in total. The molecule has 0 saturated heterocycles. The largest absolute Gasteiger partial charge is 0.495 e. The summed E-state index contributed by atoms with van der Waals surface area (Å²) in [6.07, 6.45) is -3.73. The van der Waals surface area contributed by atoms with E-state index in [0.29, 0.717) is 22.4 Å². The predicted octanol–water partition coefficient (Wildman–Crippen LogP) is 7.23. The molecule has 3 aromatic carbocycles. The predicted molar refractivity (Wildman–Crippen MR) is 131 cm³/mol. The molecule has 0 fully saturated rings. The Labute approximate surface area is 213 Å². The quantitative estimate of drug-likeness (QED) is 0.278. The Kier molecular flexibility index (Phi) is 5.97. The van der Waals surface area contributed by atoms with Crippen LogP contribution in [-0.2, 0) is 10.4 Å². The van der Waals surface area contributed by atoms with E-state index in [4.69, 9.17) is 32.8 Å². The first-order valence-corrected chi connectivity index (χ1v) is 11.5. The van der Waals surface area contributed by atoms with Crippen molar-refractivity contribution in [3.05, 3.63) is 99.7 Å². The topological polar surface area (TPSA) is 52.8 Å². The molecule has 0 amide bonds. The molecule has 0 bridgehead atoms. The number of fused-ring (bicyclic) bond motifs is 1. The Hall–Kier alpha value is -3.49. The van der Waals surface area contributed by atoms with Crippen LogP contribution in [0.2, 0.25) is 10.0 Å². The number of carbonyl (C=O) groups is 1. The van der Waals surface area contributed by atoms with E-state index in [0.717, 1.165) is 17.5 Å². The average Bonchev–Trinajstić information content (AvgIpc) is 3.49. The van der Waals surface area contributed by atoms with Crippen molar-refractivity contribution in [3.63, 3.8) is 0 Å². The molecule has 36 heavy (non-hydrogen) atoms. The van der Waals surface area contributed by atoms with Crippen molar-refractivity contribution < 1.29 is 27.5 Å². The summed E-state index contributed by atoms with van der Waals surface area (Å²) in [6.45, 7) is 0. The molecular weight excluding hydrogens is 516 g/mol. The molecule has 5 rings (SSSR count). The first-order chi connectivity index (χ1) is 17.1. The van der Waals surface area contributed by atoms with Crippen LogP contribution in [0.1, 0.15) is 27.9 Å². The van der Waals surface area contributed by atoms with E-state index >= 15 is 0 Å². The first kappa shape index (κ1) is 24.2. The van der Waals surface area contributed by atoms with E-state index in [-0.39, 0.29) is 27.2 Å². The number of para-hydroxylation sites is 1.